The molecule has 0 unspecified atom stereocenters. The van der Waals surface area contributed by atoms with Crippen LogP contribution in [-0.2, 0) is 17.8 Å². The third-order valence-electron chi connectivity index (χ3n) is 3.66. The molecule has 0 radical (unpaired) electrons. The highest BCUT2D eigenvalue weighted by atomic mass is 19.4. The number of carbonyl (C=O) groups excluding carboxylic acids is 1. The minimum Gasteiger partial charge on any atom is -0.381 e. The van der Waals surface area contributed by atoms with Crippen LogP contribution in [0.4, 0.5) is 24.5 Å². The fourth-order valence-electron chi connectivity index (χ4n) is 2.37. The summed E-state index contributed by atoms with van der Waals surface area (Å²) in [6, 6.07) is 12.4. The lowest BCUT2D eigenvalue weighted by Gasteiger charge is -2.12. The molecule has 0 aromatic heterocycles. The second-order valence-electron chi connectivity index (χ2n) is 5.50. The predicted molar refractivity (Wildman–Crippen MR) is 89.0 cm³/mol. The van der Waals surface area contributed by atoms with Gasteiger partial charge in [0, 0.05) is 17.9 Å². The maximum absolute atomic E-state index is 12.3. The van der Waals surface area contributed by atoms with E-state index in [0.29, 0.717) is 6.54 Å². The highest BCUT2D eigenvalue weighted by Crippen LogP contribution is 2.20. The van der Waals surface area contributed by atoms with Gasteiger partial charge >= 0.3 is 12.1 Å². The van der Waals surface area contributed by atoms with Crippen LogP contribution in [0.15, 0.2) is 42.5 Å². The molecular weight excluding hydrogens is 317 g/mol. The lowest BCUT2D eigenvalue weighted by Crippen LogP contribution is -2.29. The Balaban J connectivity index is 2.02. The Morgan fingerprint density at radius 2 is 1.83 bits per heavy atom. The minimum atomic E-state index is -4.90. The number of amides is 1. The quantitative estimate of drug-likeness (QED) is 0.833. The van der Waals surface area contributed by atoms with Gasteiger partial charge < -0.3 is 10.6 Å². The first-order valence-corrected chi connectivity index (χ1v) is 7.60. The molecule has 2 aromatic carbocycles. The summed E-state index contributed by atoms with van der Waals surface area (Å²) >= 11 is 0. The van der Waals surface area contributed by atoms with Crippen molar-refractivity contribution in [3.05, 3.63) is 59.2 Å². The number of rotatable bonds is 5. The number of hydrogen-bond acceptors (Lipinski definition) is 2. The predicted octanol–water partition coefficient (Wildman–Crippen LogP) is 4.67. The van der Waals surface area contributed by atoms with Gasteiger partial charge in [-0.25, -0.2) is 0 Å². The molecule has 2 rings (SSSR count). The smallest absolute Gasteiger partial charge is 0.381 e. The summed E-state index contributed by atoms with van der Waals surface area (Å²) in [5, 5.41) is 5.08. The Morgan fingerprint density at radius 3 is 2.46 bits per heavy atom. The summed E-state index contributed by atoms with van der Waals surface area (Å²) in [6.45, 7) is 4.58. The van der Waals surface area contributed by atoms with E-state index < -0.39 is 12.1 Å². The van der Waals surface area contributed by atoms with E-state index in [9.17, 15) is 18.0 Å². The first-order valence-electron chi connectivity index (χ1n) is 7.60. The zero-order chi connectivity index (χ0) is 17.7. The number of aryl methyl sites for hydroxylation is 2. The van der Waals surface area contributed by atoms with Crippen LogP contribution < -0.4 is 10.6 Å². The zero-order valence-electron chi connectivity index (χ0n) is 13.5. The SMILES string of the molecule is CCc1ccc(NCc2cccc(NC(=O)C(F)(F)F)c2)cc1C. The van der Waals surface area contributed by atoms with Gasteiger partial charge in [0.1, 0.15) is 0 Å². The van der Waals surface area contributed by atoms with Crippen LogP contribution in [0.3, 0.4) is 0 Å². The van der Waals surface area contributed by atoms with Gasteiger partial charge in [0.2, 0.25) is 0 Å². The number of benzene rings is 2. The highest BCUT2D eigenvalue weighted by molar-refractivity contribution is 5.94. The van der Waals surface area contributed by atoms with Crippen molar-refractivity contribution in [1.29, 1.82) is 0 Å². The van der Waals surface area contributed by atoms with Crippen molar-refractivity contribution in [2.75, 3.05) is 10.6 Å². The van der Waals surface area contributed by atoms with E-state index in [1.807, 2.05) is 24.4 Å². The maximum Gasteiger partial charge on any atom is 0.471 e. The van der Waals surface area contributed by atoms with Crippen LogP contribution >= 0.6 is 0 Å². The van der Waals surface area contributed by atoms with Crippen LogP contribution in [0.5, 0.6) is 0 Å². The number of anilines is 2. The summed E-state index contributed by atoms with van der Waals surface area (Å²) in [4.78, 5) is 11.0. The normalized spacial score (nSPS) is 11.2. The standard InChI is InChI=1S/C18H19F3N2O/c1-3-14-7-8-15(9-12(14)2)22-11-13-5-4-6-16(10-13)23-17(24)18(19,20)21/h4-10,22H,3,11H2,1-2H3,(H,23,24). The molecule has 24 heavy (non-hydrogen) atoms. The van der Waals surface area contributed by atoms with E-state index >= 15 is 0 Å². The van der Waals surface area contributed by atoms with E-state index in [4.69, 9.17) is 0 Å². The number of carbonyl (C=O) groups is 1. The van der Waals surface area contributed by atoms with Crippen LogP contribution in [0.25, 0.3) is 0 Å². The van der Waals surface area contributed by atoms with Crippen molar-refractivity contribution in [2.45, 2.75) is 33.0 Å². The zero-order valence-corrected chi connectivity index (χ0v) is 13.5. The number of nitrogens with one attached hydrogen (secondary N) is 2. The molecule has 2 aromatic rings. The van der Waals surface area contributed by atoms with Crippen LogP contribution in [-0.4, -0.2) is 12.1 Å². The first kappa shape index (κ1) is 17.8. The average Bonchev–Trinajstić information content (AvgIpc) is 2.52. The van der Waals surface area contributed by atoms with Gasteiger partial charge in [-0.1, -0.05) is 25.1 Å². The Morgan fingerprint density at radius 1 is 1.08 bits per heavy atom. The Bertz CT molecular complexity index is 726. The summed E-state index contributed by atoms with van der Waals surface area (Å²) in [7, 11) is 0. The number of alkyl halides is 3. The highest BCUT2D eigenvalue weighted by Gasteiger charge is 2.38. The van der Waals surface area contributed by atoms with Gasteiger partial charge in [0.05, 0.1) is 0 Å². The summed E-state index contributed by atoms with van der Waals surface area (Å²) in [5.74, 6) is -1.97. The van der Waals surface area contributed by atoms with E-state index in [2.05, 4.69) is 18.3 Å². The average molecular weight is 336 g/mol. The lowest BCUT2D eigenvalue weighted by atomic mass is 10.1. The van der Waals surface area contributed by atoms with Crippen molar-refractivity contribution < 1.29 is 18.0 Å². The largest absolute Gasteiger partial charge is 0.471 e. The maximum atomic E-state index is 12.3. The molecule has 0 spiro atoms. The van der Waals surface area contributed by atoms with Gasteiger partial charge in [0.15, 0.2) is 0 Å². The van der Waals surface area contributed by atoms with Crippen LogP contribution in [0.1, 0.15) is 23.6 Å². The molecule has 3 nitrogen and oxygen atoms in total. The lowest BCUT2D eigenvalue weighted by molar-refractivity contribution is -0.167. The third kappa shape index (κ3) is 4.75. The number of halogens is 3. The van der Waals surface area contributed by atoms with Gasteiger partial charge in [-0.2, -0.15) is 13.2 Å². The number of hydrogen-bond donors (Lipinski definition) is 2. The van der Waals surface area contributed by atoms with E-state index in [1.165, 1.54) is 23.3 Å². The molecule has 2 N–H and O–H groups in total. The molecule has 6 heteroatoms. The third-order valence-corrected chi connectivity index (χ3v) is 3.66. The molecule has 0 aliphatic rings. The molecular formula is C18H19F3N2O. The van der Waals surface area contributed by atoms with Crippen LogP contribution in [0, 0.1) is 6.92 Å². The Kier molecular flexibility index (Phi) is 5.49. The van der Waals surface area contributed by atoms with Crippen molar-refractivity contribution in [1.82, 2.24) is 0 Å². The Labute approximate surface area is 138 Å². The van der Waals surface area contributed by atoms with Crippen molar-refractivity contribution in [3.8, 4) is 0 Å². The van der Waals surface area contributed by atoms with E-state index in [1.54, 1.807) is 12.1 Å². The second-order valence-corrected chi connectivity index (χ2v) is 5.50. The van der Waals surface area contributed by atoms with Gasteiger partial charge in [-0.05, 0) is 54.3 Å². The molecule has 1 amide bonds. The minimum absolute atomic E-state index is 0.120. The molecule has 0 saturated carbocycles. The fraction of sp³-hybridized carbons (Fsp3) is 0.278. The molecule has 0 saturated heterocycles. The molecule has 0 aliphatic heterocycles. The van der Waals surface area contributed by atoms with Crippen LogP contribution in [0.2, 0.25) is 0 Å². The van der Waals surface area contributed by atoms with Gasteiger partial charge in [0.25, 0.3) is 0 Å². The molecule has 0 fully saturated rings. The summed E-state index contributed by atoms with van der Waals surface area (Å²) in [6.07, 6.45) is -3.93. The molecule has 0 heterocycles. The second kappa shape index (κ2) is 7.38. The monoisotopic (exact) mass is 336 g/mol. The summed E-state index contributed by atoms with van der Waals surface area (Å²) < 4.78 is 36.8. The van der Waals surface area contributed by atoms with E-state index in [-0.39, 0.29) is 5.69 Å². The van der Waals surface area contributed by atoms with Gasteiger partial charge in [-0.15, -0.1) is 0 Å². The topological polar surface area (TPSA) is 41.1 Å². The van der Waals surface area contributed by atoms with E-state index in [0.717, 1.165) is 17.7 Å². The molecule has 0 bridgehead atoms. The summed E-state index contributed by atoms with van der Waals surface area (Å²) in [5.41, 5.74) is 4.29. The van der Waals surface area contributed by atoms with Crippen molar-refractivity contribution in [3.63, 3.8) is 0 Å². The molecule has 128 valence electrons. The van der Waals surface area contributed by atoms with Crippen molar-refractivity contribution in [2.24, 2.45) is 0 Å². The van der Waals surface area contributed by atoms with Crippen molar-refractivity contribution >= 4 is 17.3 Å². The molecule has 0 atom stereocenters. The molecule has 0 aliphatic carbocycles. The van der Waals surface area contributed by atoms with Gasteiger partial charge in [-0.3, -0.25) is 4.79 Å². The Hall–Kier alpha value is -2.50. The fourth-order valence-corrected chi connectivity index (χ4v) is 2.37. The first-order chi connectivity index (χ1) is 11.3.